The van der Waals surface area contributed by atoms with Crippen molar-refractivity contribution in [3.63, 3.8) is 0 Å². The van der Waals surface area contributed by atoms with E-state index in [1.54, 1.807) is 0 Å². The summed E-state index contributed by atoms with van der Waals surface area (Å²) in [7, 11) is 2.01. The van der Waals surface area contributed by atoms with Gasteiger partial charge >= 0.3 is 0 Å². The Balaban J connectivity index is 1.82. The van der Waals surface area contributed by atoms with Crippen LogP contribution in [-0.2, 0) is 0 Å². The van der Waals surface area contributed by atoms with E-state index in [0.29, 0.717) is 0 Å². The van der Waals surface area contributed by atoms with Crippen LogP contribution in [0.4, 0.5) is 17.3 Å². The van der Waals surface area contributed by atoms with Gasteiger partial charge in [-0.25, -0.2) is 9.97 Å². The molecule has 0 bridgehead atoms. The average Bonchev–Trinajstić information content (AvgIpc) is 3.00. The molecule has 0 radical (unpaired) electrons. The van der Waals surface area contributed by atoms with Crippen LogP contribution in [0.5, 0.6) is 0 Å². The van der Waals surface area contributed by atoms with Gasteiger partial charge in [0.15, 0.2) is 0 Å². The molecule has 0 spiro atoms. The van der Waals surface area contributed by atoms with Crippen LogP contribution in [-0.4, -0.2) is 30.1 Å². The summed E-state index contributed by atoms with van der Waals surface area (Å²) >= 11 is 0. The molecule has 110 valence electrons. The lowest BCUT2D eigenvalue weighted by molar-refractivity contribution is 0.949. The van der Waals surface area contributed by atoms with Gasteiger partial charge in [0, 0.05) is 42.9 Å². The summed E-state index contributed by atoms with van der Waals surface area (Å²) in [5.41, 5.74) is 4.42. The Labute approximate surface area is 126 Å². The molecule has 1 aliphatic heterocycles. The molecule has 0 aliphatic carbocycles. The average molecular weight is 282 g/mol. The van der Waals surface area contributed by atoms with Crippen molar-refractivity contribution in [2.75, 3.05) is 29.9 Å². The minimum atomic E-state index is 0.751. The van der Waals surface area contributed by atoms with Crippen LogP contribution in [0.1, 0.15) is 24.2 Å². The molecule has 2 aromatic rings. The molecule has 21 heavy (non-hydrogen) atoms. The number of hydrogen-bond donors (Lipinski definition) is 0. The van der Waals surface area contributed by atoms with Crippen LogP contribution in [0.25, 0.3) is 0 Å². The molecule has 0 unspecified atom stereocenters. The van der Waals surface area contributed by atoms with Crippen molar-refractivity contribution in [1.29, 1.82) is 0 Å². The Morgan fingerprint density at radius 3 is 2.10 bits per heavy atom. The van der Waals surface area contributed by atoms with Gasteiger partial charge in [-0.05, 0) is 57.0 Å². The fourth-order valence-electron chi connectivity index (χ4n) is 2.84. The van der Waals surface area contributed by atoms with Crippen molar-refractivity contribution < 1.29 is 0 Å². The highest BCUT2D eigenvalue weighted by molar-refractivity contribution is 5.61. The topological polar surface area (TPSA) is 32.3 Å². The fourth-order valence-corrected chi connectivity index (χ4v) is 2.84. The van der Waals surface area contributed by atoms with E-state index >= 15 is 0 Å². The first-order chi connectivity index (χ1) is 10.1. The molecular weight excluding hydrogens is 260 g/mol. The van der Waals surface area contributed by atoms with Crippen LogP contribution in [0, 0.1) is 13.8 Å². The Hall–Kier alpha value is -2.10. The summed E-state index contributed by atoms with van der Waals surface area (Å²) in [6, 6.07) is 10.7. The maximum atomic E-state index is 4.51. The lowest BCUT2D eigenvalue weighted by Gasteiger charge is -2.21. The third-order valence-electron chi connectivity index (χ3n) is 3.98. The Morgan fingerprint density at radius 2 is 1.52 bits per heavy atom. The van der Waals surface area contributed by atoms with E-state index in [4.69, 9.17) is 0 Å². The normalized spacial score (nSPS) is 14.5. The van der Waals surface area contributed by atoms with Gasteiger partial charge in [0.25, 0.3) is 0 Å². The third-order valence-corrected chi connectivity index (χ3v) is 3.98. The Kier molecular flexibility index (Phi) is 3.78. The van der Waals surface area contributed by atoms with Crippen molar-refractivity contribution in [2.24, 2.45) is 0 Å². The second kappa shape index (κ2) is 5.72. The molecule has 0 saturated carbocycles. The summed E-state index contributed by atoms with van der Waals surface area (Å²) < 4.78 is 0. The van der Waals surface area contributed by atoms with Gasteiger partial charge in [0.1, 0.15) is 0 Å². The monoisotopic (exact) mass is 282 g/mol. The fraction of sp³-hybridized carbons (Fsp3) is 0.412. The maximum Gasteiger partial charge on any atom is 0.230 e. The predicted octanol–water partition coefficient (Wildman–Crippen LogP) is 3.46. The van der Waals surface area contributed by atoms with Gasteiger partial charge in [-0.3, -0.25) is 0 Å². The van der Waals surface area contributed by atoms with E-state index in [1.807, 2.05) is 31.9 Å². The summed E-state index contributed by atoms with van der Waals surface area (Å²) in [5.74, 6) is 0.751. The first-order valence-corrected chi connectivity index (χ1v) is 7.54. The van der Waals surface area contributed by atoms with Crippen molar-refractivity contribution in [2.45, 2.75) is 26.7 Å². The molecular formula is C17H22N4. The largest absolute Gasteiger partial charge is 0.372 e. The second-order valence-electron chi connectivity index (χ2n) is 5.72. The van der Waals surface area contributed by atoms with Crippen LogP contribution in [0.15, 0.2) is 30.3 Å². The summed E-state index contributed by atoms with van der Waals surface area (Å²) in [4.78, 5) is 13.5. The molecule has 1 aliphatic rings. The van der Waals surface area contributed by atoms with Gasteiger partial charge in [-0.15, -0.1) is 0 Å². The smallest absolute Gasteiger partial charge is 0.230 e. The molecule has 1 aromatic heterocycles. The number of hydrogen-bond acceptors (Lipinski definition) is 4. The summed E-state index contributed by atoms with van der Waals surface area (Å²) in [6.07, 6.45) is 2.61. The van der Waals surface area contributed by atoms with E-state index in [1.165, 1.54) is 31.6 Å². The van der Waals surface area contributed by atoms with E-state index in [2.05, 4.69) is 39.1 Å². The number of benzene rings is 1. The van der Waals surface area contributed by atoms with Crippen LogP contribution < -0.4 is 9.80 Å². The molecule has 0 atom stereocenters. The van der Waals surface area contributed by atoms with E-state index < -0.39 is 0 Å². The van der Waals surface area contributed by atoms with Gasteiger partial charge in [-0.2, -0.15) is 0 Å². The van der Waals surface area contributed by atoms with Gasteiger partial charge in [0.05, 0.1) is 0 Å². The van der Waals surface area contributed by atoms with Gasteiger partial charge < -0.3 is 9.80 Å². The molecule has 0 amide bonds. The molecule has 0 N–H and O–H groups in total. The number of rotatable bonds is 3. The first kappa shape index (κ1) is 13.9. The minimum absolute atomic E-state index is 0.751. The van der Waals surface area contributed by atoms with Crippen LogP contribution >= 0.6 is 0 Å². The van der Waals surface area contributed by atoms with Gasteiger partial charge in [-0.1, -0.05) is 0 Å². The van der Waals surface area contributed by atoms with Crippen LogP contribution in [0.3, 0.4) is 0 Å². The van der Waals surface area contributed by atoms with E-state index in [0.717, 1.165) is 23.0 Å². The lowest BCUT2D eigenvalue weighted by Crippen LogP contribution is -2.18. The molecule has 4 nitrogen and oxygen atoms in total. The molecule has 1 saturated heterocycles. The van der Waals surface area contributed by atoms with E-state index in [9.17, 15) is 0 Å². The quantitative estimate of drug-likeness (QED) is 0.863. The molecule has 3 rings (SSSR count). The summed E-state index contributed by atoms with van der Waals surface area (Å²) in [6.45, 7) is 6.36. The second-order valence-corrected chi connectivity index (χ2v) is 5.72. The van der Waals surface area contributed by atoms with Gasteiger partial charge in [0.2, 0.25) is 5.95 Å². The van der Waals surface area contributed by atoms with E-state index in [-0.39, 0.29) is 0 Å². The van der Waals surface area contributed by atoms with Crippen molar-refractivity contribution in [1.82, 2.24) is 9.97 Å². The zero-order chi connectivity index (χ0) is 14.8. The van der Waals surface area contributed by atoms with Crippen molar-refractivity contribution in [3.8, 4) is 0 Å². The van der Waals surface area contributed by atoms with Crippen molar-refractivity contribution >= 4 is 17.3 Å². The zero-order valence-corrected chi connectivity index (χ0v) is 13.0. The first-order valence-electron chi connectivity index (χ1n) is 7.54. The number of anilines is 3. The summed E-state index contributed by atoms with van der Waals surface area (Å²) in [5, 5.41) is 0. The number of nitrogens with zero attached hydrogens (tertiary/aromatic N) is 4. The highest BCUT2D eigenvalue weighted by Crippen LogP contribution is 2.26. The predicted molar refractivity (Wildman–Crippen MR) is 87.5 cm³/mol. The van der Waals surface area contributed by atoms with Crippen molar-refractivity contribution in [3.05, 3.63) is 41.7 Å². The minimum Gasteiger partial charge on any atom is -0.372 e. The number of aromatic nitrogens is 2. The highest BCUT2D eigenvalue weighted by atomic mass is 15.2. The standard InChI is InChI=1S/C17H22N4/c1-13-12-14(2)19-17(18-13)20(3)15-6-8-16(9-7-15)21-10-4-5-11-21/h6-9,12H,4-5,10-11H2,1-3H3. The highest BCUT2D eigenvalue weighted by Gasteiger charge is 2.13. The molecule has 1 aromatic carbocycles. The lowest BCUT2D eigenvalue weighted by atomic mass is 10.2. The Morgan fingerprint density at radius 1 is 0.952 bits per heavy atom. The third kappa shape index (κ3) is 2.99. The molecule has 1 fully saturated rings. The number of aryl methyl sites for hydroxylation is 2. The SMILES string of the molecule is Cc1cc(C)nc(N(C)c2ccc(N3CCCC3)cc2)n1. The maximum absolute atomic E-state index is 4.51. The molecule has 4 heteroatoms. The molecule has 2 heterocycles. The Bertz CT molecular complexity index is 595. The van der Waals surface area contributed by atoms with Crippen LogP contribution in [0.2, 0.25) is 0 Å². The zero-order valence-electron chi connectivity index (χ0n) is 13.0.